The van der Waals surface area contributed by atoms with Gasteiger partial charge in [0.2, 0.25) is 11.8 Å². The van der Waals surface area contributed by atoms with E-state index in [1.54, 1.807) is 35.2 Å². The maximum atomic E-state index is 13.7. The van der Waals surface area contributed by atoms with E-state index in [0.29, 0.717) is 36.6 Å². The van der Waals surface area contributed by atoms with Crippen molar-refractivity contribution in [2.75, 3.05) is 13.1 Å². The smallest absolute Gasteiger partial charge is 0.246 e. The molecule has 0 saturated carbocycles. The van der Waals surface area contributed by atoms with Crippen LogP contribution >= 0.6 is 0 Å². The fourth-order valence-electron chi connectivity index (χ4n) is 2.70. The van der Waals surface area contributed by atoms with E-state index < -0.39 is 0 Å². The molecule has 1 saturated heterocycles. The SMILES string of the molecule is NC(=O)C1CCN(C(=O)/C=C/c2ccc(-c3ccccc3F)o2)C1. The average Bonchev–Trinajstić information content (AvgIpc) is 3.22. The number of hydrogen-bond acceptors (Lipinski definition) is 3. The van der Waals surface area contributed by atoms with Gasteiger partial charge in [0.05, 0.1) is 11.5 Å². The van der Waals surface area contributed by atoms with Crippen molar-refractivity contribution in [2.45, 2.75) is 6.42 Å². The Balaban J connectivity index is 1.67. The van der Waals surface area contributed by atoms with Crippen molar-refractivity contribution in [3.8, 4) is 11.3 Å². The van der Waals surface area contributed by atoms with Crippen molar-refractivity contribution < 1.29 is 18.4 Å². The monoisotopic (exact) mass is 328 g/mol. The number of hydrogen-bond donors (Lipinski definition) is 1. The van der Waals surface area contributed by atoms with Crippen molar-refractivity contribution in [2.24, 2.45) is 11.7 Å². The van der Waals surface area contributed by atoms with Gasteiger partial charge in [0, 0.05) is 19.2 Å². The summed E-state index contributed by atoms with van der Waals surface area (Å²) in [5.41, 5.74) is 5.62. The predicted molar refractivity (Wildman–Crippen MR) is 87.0 cm³/mol. The zero-order valence-electron chi connectivity index (χ0n) is 12.9. The van der Waals surface area contributed by atoms with Crippen LogP contribution in [0.2, 0.25) is 0 Å². The third-order valence-electron chi connectivity index (χ3n) is 4.06. The van der Waals surface area contributed by atoms with E-state index >= 15 is 0 Å². The summed E-state index contributed by atoms with van der Waals surface area (Å²) >= 11 is 0. The number of likely N-dealkylation sites (tertiary alicyclic amines) is 1. The Morgan fingerprint density at radius 1 is 1.25 bits per heavy atom. The van der Waals surface area contributed by atoms with Crippen LogP contribution in [0.1, 0.15) is 12.2 Å². The van der Waals surface area contributed by atoms with Crippen LogP contribution in [0.5, 0.6) is 0 Å². The molecule has 3 rings (SSSR count). The second-order valence-corrected chi connectivity index (χ2v) is 5.69. The highest BCUT2D eigenvalue weighted by Crippen LogP contribution is 2.25. The van der Waals surface area contributed by atoms with Crippen molar-refractivity contribution in [3.63, 3.8) is 0 Å². The first-order chi connectivity index (χ1) is 11.5. The molecule has 1 unspecified atom stereocenters. The fourth-order valence-corrected chi connectivity index (χ4v) is 2.70. The van der Waals surface area contributed by atoms with E-state index in [0.717, 1.165) is 0 Å². The Morgan fingerprint density at radius 2 is 2.04 bits per heavy atom. The lowest BCUT2D eigenvalue weighted by Gasteiger charge is -2.12. The summed E-state index contributed by atoms with van der Waals surface area (Å²) in [6, 6.07) is 9.64. The second-order valence-electron chi connectivity index (χ2n) is 5.69. The molecule has 0 bridgehead atoms. The molecule has 1 aliphatic heterocycles. The third-order valence-corrected chi connectivity index (χ3v) is 4.06. The summed E-state index contributed by atoms with van der Waals surface area (Å²) in [5.74, 6) is -0.383. The van der Waals surface area contributed by atoms with E-state index in [9.17, 15) is 14.0 Å². The van der Waals surface area contributed by atoms with Crippen molar-refractivity contribution >= 4 is 17.9 Å². The van der Waals surface area contributed by atoms with E-state index in [1.165, 1.54) is 18.2 Å². The Hall–Kier alpha value is -2.89. The lowest BCUT2D eigenvalue weighted by Crippen LogP contribution is -2.30. The number of furan rings is 1. The van der Waals surface area contributed by atoms with E-state index in [2.05, 4.69) is 0 Å². The fraction of sp³-hybridized carbons (Fsp3) is 0.222. The van der Waals surface area contributed by atoms with Crippen LogP contribution in [0.25, 0.3) is 17.4 Å². The normalized spacial score (nSPS) is 17.5. The van der Waals surface area contributed by atoms with Gasteiger partial charge >= 0.3 is 0 Å². The number of carbonyl (C=O) groups is 2. The van der Waals surface area contributed by atoms with Crippen LogP contribution in [0.15, 0.2) is 46.9 Å². The first-order valence-corrected chi connectivity index (χ1v) is 7.65. The molecule has 5 nitrogen and oxygen atoms in total. The number of amides is 2. The number of nitrogens with zero attached hydrogens (tertiary/aromatic N) is 1. The highest BCUT2D eigenvalue weighted by molar-refractivity contribution is 5.92. The van der Waals surface area contributed by atoms with Gasteiger partial charge in [-0.25, -0.2) is 4.39 Å². The van der Waals surface area contributed by atoms with Gasteiger partial charge in [-0.05, 0) is 36.8 Å². The third kappa shape index (κ3) is 3.37. The van der Waals surface area contributed by atoms with Crippen LogP contribution in [0, 0.1) is 11.7 Å². The zero-order valence-corrected chi connectivity index (χ0v) is 12.9. The molecule has 0 aliphatic carbocycles. The highest BCUT2D eigenvalue weighted by Gasteiger charge is 2.28. The quantitative estimate of drug-likeness (QED) is 0.876. The molecule has 1 aromatic heterocycles. The molecule has 2 N–H and O–H groups in total. The number of benzene rings is 1. The minimum absolute atomic E-state index is 0.206. The first kappa shape index (κ1) is 16.0. The van der Waals surface area contributed by atoms with Crippen LogP contribution in [-0.2, 0) is 9.59 Å². The Bertz CT molecular complexity index is 797. The van der Waals surface area contributed by atoms with Crippen LogP contribution < -0.4 is 5.73 Å². The van der Waals surface area contributed by atoms with Gasteiger partial charge in [0.15, 0.2) is 0 Å². The molecule has 2 amide bonds. The molecule has 1 atom stereocenters. The first-order valence-electron chi connectivity index (χ1n) is 7.65. The lowest BCUT2D eigenvalue weighted by molar-refractivity contribution is -0.125. The van der Waals surface area contributed by atoms with Gasteiger partial charge in [-0.2, -0.15) is 0 Å². The molecule has 1 aliphatic rings. The molecule has 124 valence electrons. The summed E-state index contributed by atoms with van der Waals surface area (Å²) in [5, 5.41) is 0. The summed E-state index contributed by atoms with van der Waals surface area (Å²) in [7, 11) is 0. The molecule has 2 aromatic rings. The van der Waals surface area contributed by atoms with Gasteiger partial charge in [-0.3, -0.25) is 9.59 Å². The van der Waals surface area contributed by atoms with Gasteiger partial charge in [0.25, 0.3) is 0 Å². The van der Waals surface area contributed by atoms with Gasteiger partial charge in [-0.1, -0.05) is 12.1 Å². The summed E-state index contributed by atoms with van der Waals surface area (Å²) in [4.78, 5) is 24.8. The molecule has 2 heterocycles. The Kier molecular flexibility index (Phi) is 4.46. The lowest BCUT2D eigenvalue weighted by atomic mass is 10.1. The molecular weight excluding hydrogens is 311 g/mol. The summed E-state index contributed by atoms with van der Waals surface area (Å²) in [6.45, 7) is 0.854. The topological polar surface area (TPSA) is 76.5 Å². The molecule has 24 heavy (non-hydrogen) atoms. The zero-order chi connectivity index (χ0) is 17.1. The van der Waals surface area contributed by atoms with Crippen LogP contribution in [0.3, 0.4) is 0 Å². The van der Waals surface area contributed by atoms with Crippen LogP contribution in [-0.4, -0.2) is 29.8 Å². The van der Waals surface area contributed by atoms with E-state index in [-0.39, 0.29) is 23.5 Å². The van der Waals surface area contributed by atoms with Gasteiger partial charge < -0.3 is 15.1 Å². The highest BCUT2D eigenvalue weighted by atomic mass is 19.1. The standard InChI is InChI=1S/C18H17FN2O3/c19-15-4-2-1-3-14(15)16-7-5-13(24-16)6-8-17(22)21-10-9-12(11-21)18(20)23/h1-8,12H,9-11H2,(H2,20,23)/b8-6+. The average molecular weight is 328 g/mol. The van der Waals surface area contributed by atoms with Crippen molar-refractivity contribution in [1.29, 1.82) is 0 Å². The molecular formula is C18H17FN2O3. The minimum Gasteiger partial charge on any atom is -0.457 e. The molecule has 0 spiro atoms. The molecule has 1 fully saturated rings. The van der Waals surface area contributed by atoms with Crippen molar-refractivity contribution in [3.05, 3.63) is 54.1 Å². The van der Waals surface area contributed by atoms with Crippen LogP contribution in [0.4, 0.5) is 4.39 Å². The largest absolute Gasteiger partial charge is 0.457 e. The Labute approximate surface area is 138 Å². The maximum Gasteiger partial charge on any atom is 0.246 e. The van der Waals surface area contributed by atoms with E-state index in [1.807, 2.05) is 0 Å². The summed E-state index contributed by atoms with van der Waals surface area (Å²) < 4.78 is 19.3. The number of halogens is 1. The van der Waals surface area contributed by atoms with Crippen molar-refractivity contribution in [1.82, 2.24) is 4.90 Å². The maximum absolute atomic E-state index is 13.7. The predicted octanol–water partition coefficient (Wildman–Crippen LogP) is 2.43. The number of carbonyl (C=O) groups excluding carboxylic acids is 2. The van der Waals surface area contributed by atoms with E-state index in [4.69, 9.17) is 10.2 Å². The minimum atomic E-state index is -0.380. The van der Waals surface area contributed by atoms with Gasteiger partial charge in [0.1, 0.15) is 17.3 Å². The second kappa shape index (κ2) is 6.70. The molecule has 1 aromatic carbocycles. The number of primary amides is 1. The number of rotatable bonds is 4. The summed E-state index contributed by atoms with van der Waals surface area (Å²) in [6.07, 6.45) is 3.50. The molecule has 6 heteroatoms. The van der Waals surface area contributed by atoms with Gasteiger partial charge in [-0.15, -0.1) is 0 Å². The number of nitrogens with two attached hydrogens (primary N) is 1. The Morgan fingerprint density at radius 3 is 2.75 bits per heavy atom. The molecule has 0 radical (unpaired) electrons.